The Hall–Kier alpha value is -2.64. The number of thiazole rings is 1. The fourth-order valence-electron chi connectivity index (χ4n) is 3.53. The van der Waals surface area contributed by atoms with Crippen LogP contribution in [0.1, 0.15) is 29.8 Å². The molecule has 1 aliphatic rings. The summed E-state index contributed by atoms with van der Waals surface area (Å²) in [6.07, 6.45) is 2.21. The molecule has 0 saturated carbocycles. The summed E-state index contributed by atoms with van der Waals surface area (Å²) in [5.41, 5.74) is 1.78. The number of halogens is 1. The minimum Gasteiger partial charge on any atom is -0.419 e. The van der Waals surface area contributed by atoms with Crippen molar-refractivity contribution in [2.75, 3.05) is 6.54 Å². The summed E-state index contributed by atoms with van der Waals surface area (Å²) in [6.45, 7) is 1.57. The Bertz CT molecular complexity index is 1040. The second-order valence-electron chi connectivity index (χ2n) is 6.66. The van der Waals surface area contributed by atoms with Gasteiger partial charge >= 0.3 is 0 Å². The molecule has 0 amide bonds. The van der Waals surface area contributed by atoms with Crippen LogP contribution in [0.25, 0.3) is 21.7 Å². The topological polar surface area (TPSA) is 55.1 Å². The first-order valence-corrected chi connectivity index (χ1v) is 9.76. The van der Waals surface area contributed by atoms with E-state index in [0.29, 0.717) is 18.3 Å². The largest absolute Gasteiger partial charge is 0.419 e. The molecule has 2 aromatic carbocycles. The molecule has 0 bridgehead atoms. The summed E-state index contributed by atoms with van der Waals surface area (Å²) in [7, 11) is 0. The number of rotatable bonds is 4. The fraction of sp³-hybridized carbons (Fsp3) is 0.250. The second kappa shape index (κ2) is 6.83. The Morgan fingerprint density at radius 2 is 1.96 bits per heavy atom. The number of fused-ring (bicyclic) bond motifs is 1. The van der Waals surface area contributed by atoms with Crippen LogP contribution in [0.4, 0.5) is 4.39 Å². The highest BCUT2D eigenvalue weighted by molar-refractivity contribution is 7.18. The molecule has 0 aliphatic carbocycles. The summed E-state index contributed by atoms with van der Waals surface area (Å²) >= 11 is 1.76. The molecular weight excluding hydrogens is 363 g/mol. The molecule has 0 radical (unpaired) electrons. The van der Waals surface area contributed by atoms with Gasteiger partial charge in [-0.25, -0.2) is 9.37 Å². The number of aromatic nitrogens is 3. The summed E-state index contributed by atoms with van der Waals surface area (Å²) in [5, 5.41) is 9.44. The van der Waals surface area contributed by atoms with E-state index >= 15 is 0 Å². The summed E-state index contributed by atoms with van der Waals surface area (Å²) in [4.78, 5) is 7.17. The highest BCUT2D eigenvalue weighted by atomic mass is 32.1. The molecule has 27 heavy (non-hydrogen) atoms. The molecule has 136 valence electrons. The van der Waals surface area contributed by atoms with Gasteiger partial charge in [0.2, 0.25) is 11.8 Å². The fourth-order valence-corrected chi connectivity index (χ4v) is 4.67. The lowest BCUT2D eigenvalue weighted by atomic mass is 10.2. The maximum absolute atomic E-state index is 13.1. The predicted molar refractivity (Wildman–Crippen MR) is 102 cm³/mol. The zero-order valence-electron chi connectivity index (χ0n) is 14.5. The predicted octanol–water partition coefficient (Wildman–Crippen LogP) is 4.82. The Balaban J connectivity index is 1.36. The van der Waals surface area contributed by atoms with Gasteiger partial charge in [0.1, 0.15) is 10.8 Å². The van der Waals surface area contributed by atoms with Crippen molar-refractivity contribution in [3.05, 3.63) is 65.2 Å². The molecule has 5 nitrogen and oxygen atoms in total. The number of hydrogen-bond acceptors (Lipinski definition) is 6. The zero-order chi connectivity index (χ0) is 18.2. The van der Waals surface area contributed by atoms with Crippen molar-refractivity contribution in [3.8, 4) is 11.5 Å². The van der Waals surface area contributed by atoms with Gasteiger partial charge in [0.05, 0.1) is 22.8 Å². The van der Waals surface area contributed by atoms with Gasteiger partial charge in [-0.2, -0.15) is 0 Å². The zero-order valence-corrected chi connectivity index (χ0v) is 15.3. The Kier molecular flexibility index (Phi) is 4.18. The number of likely N-dealkylation sites (tertiary alicyclic amines) is 1. The maximum Gasteiger partial charge on any atom is 0.247 e. The molecular formula is C20H17FN4OS. The molecule has 0 N–H and O–H groups in total. The average Bonchev–Trinajstić information content (AvgIpc) is 3.41. The van der Waals surface area contributed by atoms with Gasteiger partial charge in [-0.3, -0.25) is 4.90 Å². The van der Waals surface area contributed by atoms with Gasteiger partial charge in [0, 0.05) is 5.56 Å². The van der Waals surface area contributed by atoms with Crippen LogP contribution in [0.5, 0.6) is 0 Å². The van der Waals surface area contributed by atoms with Crippen LogP contribution in [0, 0.1) is 5.82 Å². The molecule has 7 heteroatoms. The first-order chi connectivity index (χ1) is 13.3. The first kappa shape index (κ1) is 16.5. The minimum atomic E-state index is -0.283. The highest BCUT2D eigenvalue weighted by Gasteiger charge is 2.30. The highest BCUT2D eigenvalue weighted by Crippen LogP contribution is 2.37. The van der Waals surface area contributed by atoms with Crippen LogP contribution < -0.4 is 0 Å². The monoisotopic (exact) mass is 380 g/mol. The van der Waals surface area contributed by atoms with Crippen molar-refractivity contribution in [3.63, 3.8) is 0 Å². The SMILES string of the molecule is Fc1ccc(-c2nnc(CN3CCCC3c3nc4ccccc4s3)o2)cc1. The molecule has 1 unspecified atom stereocenters. The minimum absolute atomic E-state index is 0.281. The van der Waals surface area contributed by atoms with E-state index in [1.54, 1.807) is 23.5 Å². The quantitative estimate of drug-likeness (QED) is 0.508. The van der Waals surface area contributed by atoms with E-state index in [9.17, 15) is 4.39 Å². The van der Waals surface area contributed by atoms with E-state index in [-0.39, 0.29) is 11.9 Å². The van der Waals surface area contributed by atoms with Crippen LogP contribution in [0.15, 0.2) is 52.9 Å². The van der Waals surface area contributed by atoms with Gasteiger partial charge in [0.15, 0.2) is 0 Å². The van der Waals surface area contributed by atoms with Crippen molar-refractivity contribution in [2.24, 2.45) is 0 Å². The number of nitrogens with zero attached hydrogens (tertiary/aromatic N) is 4. The van der Waals surface area contributed by atoms with E-state index in [4.69, 9.17) is 9.40 Å². The van der Waals surface area contributed by atoms with E-state index in [1.165, 1.54) is 16.8 Å². The van der Waals surface area contributed by atoms with E-state index in [1.807, 2.05) is 12.1 Å². The molecule has 2 aromatic heterocycles. The normalized spacial score (nSPS) is 17.7. The lowest BCUT2D eigenvalue weighted by Crippen LogP contribution is -2.22. The molecule has 1 atom stereocenters. The number of hydrogen-bond donors (Lipinski definition) is 0. The number of benzene rings is 2. The van der Waals surface area contributed by atoms with Crippen molar-refractivity contribution in [2.45, 2.75) is 25.4 Å². The Morgan fingerprint density at radius 1 is 1.11 bits per heavy atom. The van der Waals surface area contributed by atoms with E-state index < -0.39 is 0 Å². The lowest BCUT2D eigenvalue weighted by molar-refractivity contribution is 0.224. The van der Waals surface area contributed by atoms with Crippen LogP contribution in [-0.2, 0) is 6.54 Å². The van der Waals surface area contributed by atoms with Crippen LogP contribution >= 0.6 is 11.3 Å². The molecule has 0 spiro atoms. The van der Waals surface area contributed by atoms with Gasteiger partial charge in [-0.1, -0.05) is 12.1 Å². The molecule has 1 saturated heterocycles. The van der Waals surface area contributed by atoms with Crippen LogP contribution in [0.3, 0.4) is 0 Å². The van der Waals surface area contributed by atoms with Crippen LogP contribution in [-0.4, -0.2) is 26.6 Å². The number of para-hydroxylation sites is 1. The van der Waals surface area contributed by atoms with Crippen molar-refractivity contribution in [1.29, 1.82) is 0 Å². The van der Waals surface area contributed by atoms with E-state index in [2.05, 4.69) is 27.2 Å². The standard InChI is InChI=1S/C20H17FN4OS/c21-14-9-7-13(8-10-14)19-24-23-18(26-19)12-25-11-3-5-16(25)20-22-15-4-1-2-6-17(15)27-20/h1-2,4,6-10,16H,3,5,11-12H2. The summed E-state index contributed by atoms with van der Waals surface area (Å²) < 4.78 is 20.1. The van der Waals surface area contributed by atoms with Gasteiger partial charge in [0.25, 0.3) is 0 Å². The third kappa shape index (κ3) is 3.24. The van der Waals surface area contributed by atoms with E-state index in [0.717, 1.165) is 35.5 Å². The maximum atomic E-state index is 13.1. The van der Waals surface area contributed by atoms with Gasteiger partial charge in [-0.05, 0) is 55.8 Å². The van der Waals surface area contributed by atoms with Crippen LogP contribution in [0.2, 0.25) is 0 Å². The first-order valence-electron chi connectivity index (χ1n) is 8.94. The Morgan fingerprint density at radius 3 is 2.81 bits per heavy atom. The molecule has 5 rings (SSSR count). The summed E-state index contributed by atoms with van der Waals surface area (Å²) in [6, 6.07) is 14.6. The van der Waals surface area contributed by atoms with Crippen molar-refractivity contribution in [1.82, 2.24) is 20.1 Å². The smallest absolute Gasteiger partial charge is 0.247 e. The molecule has 1 aliphatic heterocycles. The second-order valence-corrected chi connectivity index (χ2v) is 7.72. The summed E-state index contributed by atoms with van der Waals surface area (Å²) in [5.74, 6) is 0.706. The molecule has 4 aromatic rings. The van der Waals surface area contributed by atoms with Gasteiger partial charge < -0.3 is 4.42 Å². The average molecular weight is 380 g/mol. The van der Waals surface area contributed by atoms with Gasteiger partial charge in [-0.15, -0.1) is 21.5 Å². The third-order valence-corrected chi connectivity index (χ3v) is 5.99. The third-order valence-electron chi connectivity index (χ3n) is 4.86. The Labute approximate surface area is 159 Å². The molecule has 1 fully saturated rings. The van der Waals surface area contributed by atoms with Crippen molar-refractivity contribution < 1.29 is 8.81 Å². The van der Waals surface area contributed by atoms with Crippen molar-refractivity contribution >= 4 is 21.6 Å². The molecule has 3 heterocycles. The lowest BCUT2D eigenvalue weighted by Gasteiger charge is -2.20.